The number of ether oxygens (including phenoxy) is 2. The van der Waals surface area contributed by atoms with E-state index in [-0.39, 0.29) is 22.9 Å². The number of aromatic nitrogens is 1. The monoisotopic (exact) mass is 619 g/mol. The number of hydrogen-bond acceptors (Lipinski definition) is 9. The molecule has 2 unspecified atom stereocenters. The Kier molecular flexibility index (Phi) is 9.15. The molecule has 2 heterocycles. The summed E-state index contributed by atoms with van der Waals surface area (Å²) in [6.07, 6.45) is 2.87. The van der Waals surface area contributed by atoms with Gasteiger partial charge in [0.2, 0.25) is 0 Å². The molecule has 11 heteroatoms. The van der Waals surface area contributed by atoms with Crippen molar-refractivity contribution in [3.05, 3.63) is 59.2 Å². The highest BCUT2D eigenvalue weighted by Gasteiger charge is 2.52. The van der Waals surface area contributed by atoms with Gasteiger partial charge in [-0.1, -0.05) is 20.8 Å². The predicted octanol–water partition coefficient (Wildman–Crippen LogP) is 5.83. The molecule has 3 aromatic rings. The van der Waals surface area contributed by atoms with Crippen LogP contribution in [0.3, 0.4) is 0 Å². The quantitative estimate of drug-likeness (QED) is 0.194. The van der Waals surface area contributed by atoms with E-state index in [1.807, 2.05) is 18.2 Å². The van der Waals surface area contributed by atoms with Gasteiger partial charge in [-0.2, -0.15) is 0 Å². The molecule has 2 fully saturated rings. The van der Waals surface area contributed by atoms with Crippen molar-refractivity contribution >= 4 is 46.6 Å². The van der Waals surface area contributed by atoms with Crippen molar-refractivity contribution in [2.75, 3.05) is 49.0 Å². The van der Waals surface area contributed by atoms with Gasteiger partial charge in [0.05, 0.1) is 31.5 Å². The maximum absolute atomic E-state index is 13.3. The summed E-state index contributed by atoms with van der Waals surface area (Å²) >= 11 is 1.71. The smallest absolute Gasteiger partial charge is 0.335 e. The first-order valence-corrected chi connectivity index (χ1v) is 15.9. The van der Waals surface area contributed by atoms with E-state index in [0.717, 1.165) is 53.5 Å². The zero-order valence-corrected chi connectivity index (χ0v) is 26.7. The van der Waals surface area contributed by atoms with Gasteiger partial charge in [0.25, 0.3) is 5.91 Å². The second kappa shape index (κ2) is 12.9. The third-order valence-corrected chi connectivity index (χ3v) is 9.98. The number of aromatic carboxylic acids is 1. The number of nitrogen functional groups attached to an aromatic ring is 1. The normalized spacial score (nSPS) is 20.7. The number of piperidine rings is 1. The van der Waals surface area contributed by atoms with E-state index in [9.17, 15) is 14.7 Å². The SMILES string of the molecule is CCSc1c(N)c(Nc2ccc(OC)c(OC)c2)nc(N2C[C@H](NC(=O)c3ccc(C(=O)O)cc3)C3CCC3(C)C2)c1CC. The number of nitrogens with zero attached hydrogens (tertiary/aromatic N) is 2. The second-order valence-electron chi connectivity index (χ2n) is 11.6. The van der Waals surface area contributed by atoms with Crippen LogP contribution in [0, 0.1) is 11.3 Å². The molecular formula is C33H41N5O5S. The molecule has 1 saturated carbocycles. The highest BCUT2D eigenvalue weighted by atomic mass is 32.2. The van der Waals surface area contributed by atoms with Crippen molar-refractivity contribution in [1.82, 2.24) is 10.3 Å². The summed E-state index contributed by atoms with van der Waals surface area (Å²) in [5.41, 5.74) is 9.86. The molecule has 44 heavy (non-hydrogen) atoms. The number of nitrogens with two attached hydrogens (primary N) is 1. The van der Waals surface area contributed by atoms with Crippen molar-refractivity contribution in [3.63, 3.8) is 0 Å². The fraction of sp³-hybridized carbons (Fsp3) is 0.424. The molecule has 5 rings (SSSR count). The highest BCUT2D eigenvalue weighted by molar-refractivity contribution is 7.99. The average Bonchev–Trinajstić information content (AvgIpc) is 3.01. The molecule has 0 radical (unpaired) electrons. The van der Waals surface area contributed by atoms with Crippen molar-refractivity contribution < 1.29 is 24.2 Å². The molecule has 234 valence electrons. The van der Waals surface area contributed by atoms with E-state index in [4.69, 9.17) is 20.2 Å². The summed E-state index contributed by atoms with van der Waals surface area (Å²) in [5, 5.41) is 15.9. The second-order valence-corrected chi connectivity index (χ2v) is 12.9. The summed E-state index contributed by atoms with van der Waals surface area (Å²) < 4.78 is 10.9. The van der Waals surface area contributed by atoms with Crippen LogP contribution in [-0.4, -0.2) is 61.1 Å². The van der Waals surface area contributed by atoms with Gasteiger partial charge in [-0.15, -0.1) is 11.8 Å². The first-order chi connectivity index (χ1) is 21.1. The zero-order valence-electron chi connectivity index (χ0n) is 25.9. The minimum absolute atomic E-state index is 0.0203. The van der Waals surface area contributed by atoms with E-state index >= 15 is 0 Å². The summed E-state index contributed by atoms with van der Waals surface area (Å²) in [5.74, 6) is 2.64. The number of carboxylic acids is 1. The van der Waals surface area contributed by atoms with E-state index in [1.54, 1.807) is 38.1 Å². The molecule has 0 bridgehead atoms. The predicted molar refractivity (Wildman–Crippen MR) is 175 cm³/mol. The Bertz CT molecular complexity index is 1550. The molecule has 1 aromatic heterocycles. The van der Waals surface area contributed by atoms with E-state index < -0.39 is 5.97 Å². The molecular weight excluding hydrogens is 578 g/mol. The number of benzene rings is 2. The fourth-order valence-electron chi connectivity index (χ4n) is 6.52. The number of carbonyl (C=O) groups excluding carboxylic acids is 1. The molecule has 5 N–H and O–H groups in total. The lowest BCUT2D eigenvalue weighted by Crippen LogP contribution is -2.64. The number of anilines is 4. The van der Waals surface area contributed by atoms with E-state index in [0.29, 0.717) is 41.0 Å². The number of carboxylic acid groups (broad SMARTS) is 1. The number of carbonyl (C=O) groups is 2. The molecule has 1 amide bonds. The minimum atomic E-state index is -1.02. The number of rotatable bonds is 11. The summed E-state index contributed by atoms with van der Waals surface area (Å²) in [6, 6.07) is 11.6. The first-order valence-electron chi connectivity index (χ1n) is 15.0. The Labute approximate surface area is 262 Å². The molecule has 2 aromatic carbocycles. The van der Waals surface area contributed by atoms with Crippen molar-refractivity contribution in [3.8, 4) is 11.5 Å². The Morgan fingerprint density at radius 1 is 1.11 bits per heavy atom. The van der Waals surface area contributed by atoms with Gasteiger partial charge in [0.15, 0.2) is 17.3 Å². The summed E-state index contributed by atoms with van der Waals surface area (Å²) in [7, 11) is 3.20. The largest absolute Gasteiger partial charge is 0.493 e. The van der Waals surface area contributed by atoms with Crippen molar-refractivity contribution in [2.24, 2.45) is 11.3 Å². The van der Waals surface area contributed by atoms with Gasteiger partial charge in [0, 0.05) is 40.9 Å². The fourth-order valence-corrected chi connectivity index (χ4v) is 7.47. The van der Waals surface area contributed by atoms with Gasteiger partial charge in [0.1, 0.15) is 5.82 Å². The van der Waals surface area contributed by atoms with Crippen LogP contribution in [-0.2, 0) is 6.42 Å². The zero-order chi connectivity index (χ0) is 31.6. The van der Waals surface area contributed by atoms with Gasteiger partial charge in [-0.25, -0.2) is 9.78 Å². The van der Waals surface area contributed by atoms with Crippen molar-refractivity contribution in [2.45, 2.75) is 51.0 Å². The Hall–Kier alpha value is -4.12. The molecule has 10 nitrogen and oxygen atoms in total. The number of pyridine rings is 1. The van der Waals surface area contributed by atoms with E-state index in [2.05, 4.69) is 36.3 Å². The topological polar surface area (TPSA) is 139 Å². The number of methoxy groups -OCH3 is 2. The molecule has 1 saturated heterocycles. The van der Waals surface area contributed by atoms with Gasteiger partial charge in [-0.05, 0) is 72.7 Å². The van der Waals surface area contributed by atoms with Gasteiger partial charge >= 0.3 is 5.97 Å². The van der Waals surface area contributed by atoms with Crippen LogP contribution in [0.1, 0.15) is 59.9 Å². The van der Waals surface area contributed by atoms with Crippen LogP contribution in [0.25, 0.3) is 0 Å². The van der Waals surface area contributed by atoms with Crippen LogP contribution < -0.4 is 30.7 Å². The summed E-state index contributed by atoms with van der Waals surface area (Å²) in [6.45, 7) is 7.96. The molecule has 0 spiro atoms. The minimum Gasteiger partial charge on any atom is -0.493 e. The number of thioether (sulfide) groups is 1. The lowest BCUT2D eigenvalue weighted by Gasteiger charge is -2.58. The van der Waals surface area contributed by atoms with E-state index in [1.165, 1.54) is 12.1 Å². The van der Waals surface area contributed by atoms with Gasteiger partial charge < -0.3 is 35.8 Å². The third-order valence-electron chi connectivity index (χ3n) is 8.94. The molecule has 1 aliphatic heterocycles. The van der Waals surface area contributed by atoms with Crippen LogP contribution in [0.2, 0.25) is 0 Å². The Balaban J connectivity index is 1.49. The maximum Gasteiger partial charge on any atom is 0.335 e. The first kappa shape index (κ1) is 31.3. The van der Waals surface area contributed by atoms with Crippen molar-refractivity contribution in [1.29, 1.82) is 0 Å². The summed E-state index contributed by atoms with van der Waals surface area (Å²) in [4.78, 5) is 33.1. The van der Waals surface area contributed by atoms with Gasteiger partial charge in [-0.3, -0.25) is 4.79 Å². The Morgan fingerprint density at radius 3 is 2.41 bits per heavy atom. The third kappa shape index (κ3) is 5.97. The number of nitrogens with one attached hydrogen (secondary N) is 2. The Morgan fingerprint density at radius 2 is 1.82 bits per heavy atom. The molecule has 3 atom stereocenters. The van der Waals surface area contributed by atoms with Crippen LogP contribution in [0.15, 0.2) is 47.4 Å². The van der Waals surface area contributed by atoms with Crippen LogP contribution >= 0.6 is 11.8 Å². The number of hydrogen-bond donors (Lipinski definition) is 4. The lowest BCUT2D eigenvalue weighted by molar-refractivity contribution is 0.00611. The van der Waals surface area contributed by atoms with Crippen LogP contribution in [0.5, 0.6) is 11.5 Å². The lowest BCUT2D eigenvalue weighted by atomic mass is 9.56. The number of amides is 1. The highest BCUT2D eigenvalue weighted by Crippen LogP contribution is 2.52. The average molecular weight is 620 g/mol. The van der Waals surface area contributed by atoms with Crippen LogP contribution in [0.4, 0.5) is 23.0 Å². The maximum atomic E-state index is 13.3. The molecule has 1 aliphatic carbocycles. The number of fused-ring (bicyclic) bond motifs is 1. The molecule has 2 aliphatic rings. The standard InChI is InChI=1S/C33H41N5O5S/c1-6-22-28(44-7-2)27(34)29(35-21-12-13-25(42-4)26(16-21)43-5)37-30(22)38-17-24(23-14-15-33(23,3)18-38)36-31(39)19-8-10-20(11-9-19)32(40)41/h8-13,16,23-24H,6-7,14-15,17-18,34H2,1-5H3,(H,35,37)(H,36,39)(H,40,41)/t23?,24-,33?/m0/s1.